The first-order valence-electron chi connectivity index (χ1n) is 6.34. The van der Waals surface area contributed by atoms with Crippen molar-refractivity contribution in [2.45, 2.75) is 18.8 Å². The number of methoxy groups -OCH3 is 1. The number of hydrogen-bond donors (Lipinski definition) is 0. The fourth-order valence-electron chi connectivity index (χ4n) is 2.31. The van der Waals surface area contributed by atoms with Crippen LogP contribution in [0.3, 0.4) is 0 Å². The van der Waals surface area contributed by atoms with E-state index in [2.05, 4.69) is 12.1 Å². The Morgan fingerprint density at radius 1 is 1.11 bits per heavy atom. The summed E-state index contributed by atoms with van der Waals surface area (Å²) in [6.45, 7) is 2.26. The molecule has 0 saturated carbocycles. The smallest absolute Gasteiger partial charge is 0.283 e. The lowest BCUT2D eigenvalue weighted by Crippen LogP contribution is -2.54. The summed E-state index contributed by atoms with van der Waals surface area (Å²) in [5.74, 6) is 0.487. The number of rotatable bonds is 4. The number of benzene rings is 1. The predicted molar refractivity (Wildman–Crippen MR) is 65.4 cm³/mol. The highest BCUT2D eigenvalue weighted by molar-refractivity contribution is 5.27. The predicted octanol–water partition coefficient (Wildman–Crippen LogP) is 1.97. The molecule has 3 heterocycles. The van der Waals surface area contributed by atoms with Crippen LogP contribution in [0.4, 0.5) is 0 Å². The summed E-state index contributed by atoms with van der Waals surface area (Å²) >= 11 is 0. The normalized spacial score (nSPS) is 30.4. The molecular formula is C14H18O4. The third kappa shape index (κ3) is 2.36. The first-order valence-corrected chi connectivity index (χ1v) is 6.34. The van der Waals surface area contributed by atoms with Crippen molar-refractivity contribution >= 4 is 0 Å². The van der Waals surface area contributed by atoms with Gasteiger partial charge in [0.15, 0.2) is 0 Å². The highest BCUT2D eigenvalue weighted by Crippen LogP contribution is 2.33. The minimum atomic E-state index is -0.797. The molecule has 1 aromatic rings. The number of aryl methyl sites for hydroxylation is 1. The van der Waals surface area contributed by atoms with E-state index in [1.54, 1.807) is 7.11 Å². The van der Waals surface area contributed by atoms with Crippen molar-refractivity contribution in [1.82, 2.24) is 0 Å². The lowest BCUT2D eigenvalue weighted by molar-refractivity contribution is -0.449. The lowest BCUT2D eigenvalue weighted by atomic mass is 10.1. The molecule has 4 rings (SSSR count). The van der Waals surface area contributed by atoms with Gasteiger partial charge in [0.2, 0.25) is 0 Å². The lowest BCUT2D eigenvalue weighted by Gasteiger charge is -2.45. The molecule has 3 aliphatic rings. The summed E-state index contributed by atoms with van der Waals surface area (Å²) in [6, 6.07) is 8.05. The van der Waals surface area contributed by atoms with E-state index in [9.17, 15) is 0 Å². The fourth-order valence-corrected chi connectivity index (χ4v) is 2.31. The molecule has 0 spiro atoms. The molecule has 0 atom stereocenters. The first kappa shape index (κ1) is 12.0. The molecule has 0 amide bonds. The van der Waals surface area contributed by atoms with E-state index in [0.717, 1.165) is 38.4 Å². The molecule has 4 heteroatoms. The van der Waals surface area contributed by atoms with E-state index in [1.807, 2.05) is 12.1 Å². The maximum Gasteiger partial charge on any atom is 0.283 e. The van der Waals surface area contributed by atoms with Gasteiger partial charge < -0.3 is 18.9 Å². The molecule has 0 N–H and O–H groups in total. The van der Waals surface area contributed by atoms with Crippen LogP contribution < -0.4 is 4.74 Å². The van der Waals surface area contributed by atoms with Gasteiger partial charge in [0.25, 0.3) is 5.97 Å². The second-order valence-corrected chi connectivity index (χ2v) is 4.83. The minimum absolute atomic E-state index is 0.410. The van der Waals surface area contributed by atoms with Crippen molar-refractivity contribution < 1.29 is 18.9 Å². The maximum absolute atomic E-state index is 5.66. The third-order valence-electron chi connectivity index (χ3n) is 3.50. The SMILES string of the molecule is COc1ccc(CCC23OCC(CO2)CO3)cc1. The molecule has 0 radical (unpaired) electrons. The van der Waals surface area contributed by atoms with Crippen molar-refractivity contribution in [3.8, 4) is 5.75 Å². The van der Waals surface area contributed by atoms with Gasteiger partial charge in [-0.25, -0.2) is 0 Å². The minimum Gasteiger partial charge on any atom is -0.497 e. The van der Waals surface area contributed by atoms with Crippen molar-refractivity contribution in [1.29, 1.82) is 0 Å². The molecular weight excluding hydrogens is 232 g/mol. The van der Waals surface area contributed by atoms with Gasteiger partial charge in [0.05, 0.1) is 26.9 Å². The Morgan fingerprint density at radius 3 is 2.28 bits per heavy atom. The Labute approximate surface area is 107 Å². The average Bonchev–Trinajstić information content (AvgIpc) is 2.48. The van der Waals surface area contributed by atoms with Gasteiger partial charge in [-0.1, -0.05) is 12.1 Å². The van der Waals surface area contributed by atoms with Gasteiger partial charge in [-0.15, -0.1) is 0 Å². The van der Waals surface area contributed by atoms with Crippen LogP contribution in [-0.2, 0) is 20.6 Å². The van der Waals surface area contributed by atoms with E-state index in [0.29, 0.717) is 5.92 Å². The molecule has 3 fully saturated rings. The van der Waals surface area contributed by atoms with Gasteiger partial charge in [-0.2, -0.15) is 0 Å². The molecule has 1 aromatic carbocycles. The van der Waals surface area contributed by atoms with Crippen molar-refractivity contribution in [2.75, 3.05) is 26.9 Å². The Balaban J connectivity index is 1.59. The van der Waals surface area contributed by atoms with Crippen LogP contribution in [0.5, 0.6) is 5.75 Å². The van der Waals surface area contributed by atoms with Crippen LogP contribution in [0.2, 0.25) is 0 Å². The topological polar surface area (TPSA) is 36.9 Å². The Morgan fingerprint density at radius 2 is 1.72 bits per heavy atom. The van der Waals surface area contributed by atoms with Gasteiger partial charge in [0, 0.05) is 12.3 Å². The first-order chi connectivity index (χ1) is 8.80. The van der Waals surface area contributed by atoms with Crippen molar-refractivity contribution in [3.63, 3.8) is 0 Å². The summed E-state index contributed by atoms with van der Waals surface area (Å²) in [7, 11) is 1.67. The molecule has 0 unspecified atom stereocenters. The van der Waals surface area contributed by atoms with Crippen LogP contribution in [0.1, 0.15) is 12.0 Å². The molecule has 3 aliphatic heterocycles. The van der Waals surface area contributed by atoms with Crippen LogP contribution in [-0.4, -0.2) is 32.9 Å². The third-order valence-corrected chi connectivity index (χ3v) is 3.50. The molecule has 0 aromatic heterocycles. The average molecular weight is 250 g/mol. The number of hydrogen-bond acceptors (Lipinski definition) is 4. The van der Waals surface area contributed by atoms with Gasteiger partial charge in [0.1, 0.15) is 5.75 Å². The summed E-state index contributed by atoms with van der Waals surface area (Å²) in [5, 5.41) is 0. The second kappa shape index (κ2) is 4.88. The number of ether oxygens (including phenoxy) is 4. The quantitative estimate of drug-likeness (QED) is 0.818. The van der Waals surface area contributed by atoms with Crippen molar-refractivity contribution in [3.05, 3.63) is 29.8 Å². The van der Waals surface area contributed by atoms with Crippen molar-refractivity contribution in [2.24, 2.45) is 5.92 Å². The molecule has 2 bridgehead atoms. The number of fused-ring (bicyclic) bond motifs is 3. The zero-order valence-corrected chi connectivity index (χ0v) is 10.6. The monoisotopic (exact) mass is 250 g/mol. The van der Waals surface area contributed by atoms with E-state index in [1.165, 1.54) is 5.56 Å². The molecule has 3 saturated heterocycles. The highest BCUT2D eigenvalue weighted by Gasteiger charge is 2.44. The molecule has 98 valence electrons. The Bertz CT molecular complexity index is 379. The summed E-state index contributed by atoms with van der Waals surface area (Å²) in [5.41, 5.74) is 1.23. The van der Waals surface area contributed by atoms with Crippen LogP contribution >= 0.6 is 0 Å². The fraction of sp³-hybridized carbons (Fsp3) is 0.571. The zero-order chi connectivity index (χ0) is 12.4. The zero-order valence-electron chi connectivity index (χ0n) is 10.6. The van der Waals surface area contributed by atoms with E-state index in [-0.39, 0.29) is 0 Å². The largest absolute Gasteiger partial charge is 0.497 e. The molecule has 18 heavy (non-hydrogen) atoms. The van der Waals surface area contributed by atoms with Crippen LogP contribution in [0.25, 0.3) is 0 Å². The van der Waals surface area contributed by atoms with Gasteiger partial charge >= 0.3 is 0 Å². The van der Waals surface area contributed by atoms with Crippen LogP contribution in [0.15, 0.2) is 24.3 Å². The second-order valence-electron chi connectivity index (χ2n) is 4.83. The van der Waals surface area contributed by atoms with Gasteiger partial charge in [-0.05, 0) is 24.1 Å². The maximum atomic E-state index is 5.66. The van der Waals surface area contributed by atoms with E-state index >= 15 is 0 Å². The van der Waals surface area contributed by atoms with E-state index in [4.69, 9.17) is 18.9 Å². The van der Waals surface area contributed by atoms with Crippen LogP contribution in [0, 0.1) is 5.92 Å². The Kier molecular flexibility index (Phi) is 3.24. The Hall–Kier alpha value is -1.10. The summed E-state index contributed by atoms with van der Waals surface area (Å²) in [6.07, 6.45) is 1.60. The molecule has 0 aliphatic carbocycles. The highest BCUT2D eigenvalue weighted by atomic mass is 16.9. The van der Waals surface area contributed by atoms with E-state index < -0.39 is 5.97 Å². The van der Waals surface area contributed by atoms with Gasteiger partial charge in [-0.3, -0.25) is 0 Å². The molecule has 4 nitrogen and oxygen atoms in total. The summed E-state index contributed by atoms with van der Waals surface area (Å²) < 4.78 is 22.1. The standard InChI is InChI=1S/C14H18O4/c1-15-13-4-2-11(3-5-13)6-7-14-16-8-12(9-17-14)10-18-14/h2-5,12H,6-10H2,1H3. The summed E-state index contributed by atoms with van der Waals surface area (Å²) in [4.78, 5) is 0.